The number of amides is 1. The zero-order valence-corrected chi connectivity index (χ0v) is 15.6. The molecule has 6 heteroatoms. The van der Waals surface area contributed by atoms with Crippen molar-refractivity contribution in [2.24, 2.45) is 0 Å². The van der Waals surface area contributed by atoms with Crippen molar-refractivity contribution < 1.29 is 9.53 Å². The van der Waals surface area contributed by atoms with Gasteiger partial charge in [0.2, 0.25) is 5.91 Å². The van der Waals surface area contributed by atoms with Crippen molar-refractivity contribution in [1.29, 1.82) is 0 Å². The fourth-order valence-electron chi connectivity index (χ4n) is 2.61. The van der Waals surface area contributed by atoms with Gasteiger partial charge < -0.3 is 15.4 Å². The van der Waals surface area contributed by atoms with Crippen LogP contribution in [0.3, 0.4) is 0 Å². The SMILES string of the molecule is Cl.O=C(CC1COCCN1)NCc1ccccc1Sc1ccccc1. The van der Waals surface area contributed by atoms with Crippen LogP contribution >= 0.6 is 24.2 Å². The van der Waals surface area contributed by atoms with E-state index in [0.29, 0.717) is 19.6 Å². The van der Waals surface area contributed by atoms with Crippen molar-refractivity contribution >= 4 is 30.1 Å². The molecule has 0 saturated carbocycles. The predicted molar refractivity (Wildman–Crippen MR) is 103 cm³/mol. The van der Waals surface area contributed by atoms with Crippen LogP contribution in [0.15, 0.2) is 64.4 Å². The summed E-state index contributed by atoms with van der Waals surface area (Å²) in [7, 11) is 0. The molecule has 0 aliphatic carbocycles. The van der Waals surface area contributed by atoms with E-state index in [1.165, 1.54) is 9.79 Å². The van der Waals surface area contributed by atoms with Crippen molar-refractivity contribution in [2.45, 2.75) is 28.8 Å². The molecule has 1 amide bonds. The summed E-state index contributed by atoms with van der Waals surface area (Å²) < 4.78 is 5.39. The molecule has 0 bridgehead atoms. The van der Waals surface area contributed by atoms with E-state index in [9.17, 15) is 4.79 Å². The molecule has 3 rings (SSSR count). The van der Waals surface area contributed by atoms with E-state index in [1.807, 2.05) is 30.3 Å². The lowest BCUT2D eigenvalue weighted by atomic mass is 10.2. The number of rotatable bonds is 6. The first-order valence-corrected chi connectivity index (χ1v) is 9.01. The van der Waals surface area contributed by atoms with Crippen LogP contribution in [-0.4, -0.2) is 31.7 Å². The Hall–Kier alpha value is -1.53. The van der Waals surface area contributed by atoms with Crippen LogP contribution in [0.5, 0.6) is 0 Å². The first-order valence-electron chi connectivity index (χ1n) is 8.20. The molecule has 1 fully saturated rings. The number of nitrogens with one attached hydrogen (secondary N) is 2. The summed E-state index contributed by atoms with van der Waals surface area (Å²) in [6.45, 7) is 2.69. The summed E-state index contributed by atoms with van der Waals surface area (Å²) in [5, 5.41) is 6.33. The monoisotopic (exact) mass is 378 g/mol. The molecule has 2 aromatic rings. The number of halogens is 1. The molecule has 134 valence electrons. The van der Waals surface area contributed by atoms with Gasteiger partial charge in [-0.1, -0.05) is 48.2 Å². The molecule has 1 unspecified atom stereocenters. The summed E-state index contributed by atoms with van der Waals surface area (Å²) in [4.78, 5) is 14.5. The summed E-state index contributed by atoms with van der Waals surface area (Å²) in [5.41, 5.74) is 1.13. The van der Waals surface area contributed by atoms with Crippen LogP contribution in [0, 0.1) is 0 Å². The maximum atomic E-state index is 12.1. The molecular formula is C19H23ClN2O2S. The average Bonchev–Trinajstić information content (AvgIpc) is 2.63. The van der Waals surface area contributed by atoms with Crippen molar-refractivity contribution in [3.05, 3.63) is 60.2 Å². The summed E-state index contributed by atoms with van der Waals surface area (Å²) in [6.07, 6.45) is 0.452. The highest BCUT2D eigenvalue weighted by Crippen LogP contribution is 2.30. The van der Waals surface area contributed by atoms with Crippen molar-refractivity contribution in [3.8, 4) is 0 Å². The molecule has 2 N–H and O–H groups in total. The van der Waals surface area contributed by atoms with Crippen LogP contribution in [0.1, 0.15) is 12.0 Å². The number of carbonyl (C=O) groups is 1. The first kappa shape index (κ1) is 19.8. The molecule has 1 saturated heterocycles. The molecule has 2 aromatic carbocycles. The minimum atomic E-state index is 0. The Balaban J connectivity index is 0.00000225. The number of hydrogen-bond acceptors (Lipinski definition) is 4. The highest BCUT2D eigenvalue weighted by atomic mass is 35.5. The molecule has 25 heavy (non-hydrogen) atoms. The lowest BCUT2D eigenvalue weighted by Gasteiger charge is -2.23. The van der Waals surface area contributed by atoms with Crippen LogP contribution < -0.4 is 10.6 Å². The van der Waals surface area contributed by atoms with E-state index in [-0.39, 0.29) is 24.4 Å². The van der Waals surface area contributed by atoms with Gasteiger partial charge in [0, 0.05) is 35.3 Å². The van der Waals surface area contributed by atoms with E-state index in [4.69, 9.17) is 4.74 Å². The number of carbonyl (C=O) groups excluding carboxylic acids is 1. The van der Waals surface area contributed by atoms with Gasteiger partial charge in [-0.2, -0.15) is 0 Å². The van der Waals surface area contributed by atoms with E-state index in [2.05, 4.69) is 34.9 Å². The van der Waals surface area contributed by atoms with Crippen LogP contribution in [0.25, 0.3) is 0 Å². The third-order valence-electron chi connectivity index (χ3n) is 3.85. The standard InChI is InChI=1S/C19H22N2O2S.ClH/c22-19(12-16-14-23-11-10-20-16)21-13-15-6-4-5-9-18(15)24-17-7-2-1-3-8-17;/h1-9,16,20H,10-14H2,(H,21,22);1H. The van der Waals surface area contributed by atoms with Gasteiger partial charge in [0.05, 0.1) is 13.2 Å². The van der Waals surface area contributed by atoms with Crippen LogP contribution in [-0.2, 0) is 16.1 Å². The molecule has 0 radical (unpaired) electrons. The van der Waals surface area contributed by atoms with Gasteiger partial charge in [-0.25, -0.2) is 0 Å². The Bertz CT molecular complexity index is 663. The Labute approximate surface area is 159 Å². The molecule has 0 spiro atoms. The highest BCUT2D eigenvalue weighted by Gasteiger charge is 2.16. The molecule has 1 heterocycles. The minimum absolute atomic E-state index is 0. The van der Waals surface area contributed by atoms with E-state index in [1.54, 1.807) is 11.8 Å². The van der Waals surface area contributed by atoms with Crippen molar-refractivity contribution in [2.75, 3.05) is 19.8 Å². The number of morpholine rings is 1. The van der Waals surface area contributed by atoms with E-state index < -0.39 is 0 Å². The van der Waals surface area contributed by atoms with E-state index >= 15 is 0 Å². The zero-order valence-electron chi connectivity index (χ0n) is 13.9. The lowest BCUT2D eigenvalue weighted by molar-refractivity contribution is -0.122. The molecule has 1 aliphatic heterocycles. The molecule has 4 nitrogen and oxygen atoms in total. The number of benzene rings is 2. The Morgan fingerprint density at radius 2 is 1.92 bits per heavy atom. The second-order valence-corrected chi connectivity index (χ2v) is 6.85. The van der Waals surface area contributed by atoms with E-state index in [0.717, 1.165) is 18.7 Å². The fourth-order valence-corrected chi connectivity index (χ4v) is 3.57. The molecule has 0 aromatic heterocycles. The van der Waals surface area contributed by atoms with Gasteiger partial charge in [0.15, 0.2) is 0 Å². The second kappa shape index (κ2) is 10.5. The Morgan fingerprint density at radius 3 is 2.68 bits per heavy atom. The Kier molecular flexibility index (Phi) is 8.28. The van der Waals surface area contributed by atoms with Crippen LogP contribution in [0.2, 0.25) is 0 Å². The third-order valence-corrected chi connectivity index (χ3v) is 4.98. The van der Waals surface area contributed by atoms with Gasteiger partial charge in [-0.3, -0.25) is 4.79 Å². The number of hydrogen-bond donors (Lipinski definition) is 2. The maximum Gasteiger partial charge on any atom is 0.221 e. The smallest absolute Gasteiger partial charge is 0.221 e. The topological polar surface area (TPSA) is 50.4 Å². The number of ether oxygens (including phenoxy) is 1. The third kappa shape index (κ3) is 6.36. The second-order valence-electron chi connectivity index (χ2n) is 5.73. The summed E-state index contributed by atoms with van der Waals surface area (Å²) in [6, 6.07) is 18.6. The van der Waals surface area contributed by atoms with Crippen molar-refractivity contribution in [3.63, 3.8) is 0 Å². The van der Waals surface area contributed by atoms with Gasteiger partial charge in [-0.05, 0) is 23.8 Å². The summed E-state index contributed by atoms with van der Waals surface area (Å²) in [5.74, 6) is 0.0533. The van der Waals surface area contributed by atoms with Crippen molar-refractivity contribution in [1.82, 2.24) is 10.6 Å². The minimum Gasteiger partial charge on any atom is -0.378 e. The molecule has 1 aliphatic rings. The van der Waals surface area contributed by atoms with Gasteiger partial charge >= 0.3 is 0 Å². The molecule has 1 atom stereocenters. The van der Waals surface area contributed by atoms with Gasteiger partial charge in [-0.15, -0.1) is 12.4 Å². The fraction of sp³-hybridized carbons (Fsp3) is 0.316. The summed E-state index contributed by atoms with van der Waals surface area (Å²) >= 11 is 1.72. The normalized spacial score (nSPS) is 16.7. The quantitative estimate of drug-likeness (QED) is 0.810. The zero-order chi connectivity index (χ0) is 16.6. The highest BCUT2D eigenvalue weighted by molar-refractivity contribution is 7.99. The van der Waals surface area contributed by atoms with Gasteiger partial charge in [0.25, 0.3) is 0 Å². The lowest BCUT2D eigenvalue weighted by Crippen LogP contribution is -2.44. The average molecular weight is 379 g/mol. The maximum absolute atomic E-state index is 12.1. The van der Waals surface area contributed by atoms with Gasteiger partial charge in [0.1, 0.15) is 0 Å². The Morgan fingerprint density at radius 1 is 1.16 bits per heavy atom. The predicted octanol–water partition coefficient (Wildman–Crippen LogP) is 3.25. The first-order chi connectivity index (χ1) is 11.8. The largest absolute Gasteiger partial charge is 0.378 e. The molecular weight excluding hydrogens is 356 g/mol. The van der Waals surface area contributed by atoms with Crippen LogP contribution in [0.4, 0.5) is 0 Å².